The van der Waals surface area contributed by atoms with Gasteiger partial charge in [-0.15, -0.1) is 0 Å². The van der Waals surface area contributed by atoms with Crippen molar-refractivity contribution >= 4 is 17.8 Å². The average molecular weight is 846 g/mol. The van der Waals surface area contributed by atoms with Crippen molar-refractivity contribution in [3.05, 3.63) is 24.0 Å². The lowest BCUT2D eigenvalue weighted by Gasteiger charge is -2.25. The minimum atomic E-state index is -0.416. The molecule has 1 rings (SSSR count). The van der Waals surface area contributed by atoms with Crippen LogP contribution in [0.5, 0.6) is 0 Å². The highest BCUT2D eigenvalue weighted by atomic mass is 16.5. The Labute approximate surface area is 369 Å². The number of aliphatic hydroxyl groups is 1. The number of unbranched alkanes of at least 4 members (excludes halogenated alkanes) is 19. The van der Waals surface area contributed by atoms with Crippen LogP contribution in [0.15, 0.2) is 18.5 Å². The molecule has 0 fully saturated rings. The Kier molecular flexibility index (Phi) is 37.7. The summed E-state index contributed by atoms with van der Waals surface area (Å²) >= 11 is 0. The van der Waals surface area contributed by atoms with Crippen LogP contribution >= 0.6 is 0 Å². The van der Waals surface area contributed by atoms with Gasteiger partial charge in [0.15, 0.2) is 0 Å². The van der Waals surface area contributed by atoms with Crippen molar-refractivity contribution in [2.75, 3.05) is 26.2 Å². The summed E-state index contributed by atoms with van der Waals surface area (Å²) in [4.78, 5) is 43.0. The molecule has 9 heteroatoms. The molecule has 9 nitrogen and oxygen atoms in total. The predicted molar refractivity (Wildman–Crippen MR) is 250 cm³/mol. The van der Waals surface area contributed by atoms with Crippen LogP contribution in [0.3, 0.4) is 0 Å². The fourth-order valence-corrected chi connectivity index (χ4v) is 8.14. The Morgan fingerprint density at radius 3 is 1.55 bits per heavy atom. The molecule has 2 atom stereocenters. The van der Waals surface area contributed by atoms with Crippen molar-refractivity contribution in [3.8, 4) is 0 Å². The summed E-state index contributed by atoms with van der Waals surface area (Å²) in [5.41, 5.74) is 0.634. The van der Waals surface area contributed by atoms with Gasteiger partial charge in [0.2, 0.25) is 0 Å². The largest absolute Gasteiger partial charge is 0.462 e. The number of aliphatic hydroxyl groups excluding tert-OH is 1. The van der Waals surface area contributed by atoms with Gasteiger partial charge in [0, 0.05) is 38.3 Å². The number of hydrogen-bond acceptors (Lipinski definition) is 7. The molecule has 0 aromatic carbocycles. The van der Waals surface area contributed by atoms with Crippen LogP contribution < -0.4 is 5.32 Å². The summed E-state index contributed by atoms with van der Waals surface area (Å²) in [6.45, 7) is 11.9. The number of amides is 1. The first-order valence-electron chi connectivity index (χ1n) is 25.5. The Balaban J connectivity index is 2.47. The van der Waals surface area contributed by atoms with Gasteiger partial charge in [0.1, 0.15) is 12.2 Å². The molecular weight excluding hydrogens is 751 g/mol. The first-order valence-corrected chi connectivity index (χ1v) is 25.5. The molecule has 1 aromatic rings. The molecule has 60 heavy (non-hydrogen) atoms. The minimum Gasteiger partial charge on any atom is -0.462 e. The number of aromatic nitrogens is 1. The number of aromatic amines is 1. The molecular formula is C51H95N3O6. The lowest BCUT2D eigenvalue weighted by molar-refractivity contribution is -0.151. The molecule has 1 heterocycles. The second-order valence-electron chi connectivity index (χ2n) is 17.8. The maximum atomic E-state index is 12.9. The molecule has 0 saturated carbocycles. The Morgan fingerprint density at radius 1 is 0.567 bits per heavy atom. The molecule has 0 aliphatic heterocycles. The van der Waals surface area contributed by atoms with Gasteiger partial charge in [-0.3, -0.25) is 14.4 Å². The molecule has 1 aromatic heterocycles. The lowest BCUT2D eigenvalue weighted by atomic mass is 10.0. The average Bonchev–Trinajstić information content (AvgIpc) is 3.78. The first-order chi connectivity index (χ1) is 29.3. The highest BCUT2D eigenvalue weighted by Gasteiger charge is 2.16. The van der Waals surface area contributed by atoms with E-state index in [1.54, 1.807) is 18.5 Å². The van der Waals surface area contributed by atoms with Crippen LogP contribution in [0.1, 0.15) is 250 Å². The van der Waals surface area contributed by atoms with E-state index in [4.69, 9.17) is 9.47 Å². The van der Waals surface area contributed by atoms with Gasteiger partial charge in [-0.25, -0.2) is 0 Å². The first kappa shape index (κ1) is 55.6. The minimum absolute atomic E-state index is 0.0128. The molecule has 2 unspecified atom stereocenters. The number of hydrogen-bond donors (Lipinski definition) is 3. The molecule has 0 saturated heterocycles. The predicted octanol–water partition coefficient (Wildman–Crippen LogP) is 13.2. The quantitative estimate of drug-likeness (QED) is 0.0442. The zero-order valence-electron chi connectivity index (χ0n) is 39.6. The lowest BCUT2D eigenvalue weighted by Crippen LogP contribution is -2.34. The molecule has 1 amide bonds. The fourth-order valence-electron chi connectivity index (χ4n) is 8.14. The maximum absolute atomic E-state index is 12.9. The molecule has 0 aliphatic rings. The number of H-pyrrole nitrogens is 1. The Hall–Kier alpha value is -2.39. The van der Waals surface area contributed by atoms with Crippen LogP contribution in [-0.2, 0) is 19.1 Å². The van der Waals surface area contributed by atoms with Crippen LogP contribution in [0.2, 0.25) is 0 Å². The van der Waals surface area contributed by atoms with E-state index in [1.165, 1.54) is 77.0 Å². The molecule has 0 spiro atoms. The summed E-state index contributed by atoms with van der Waals surface area (Å²) in [5.74, 6) is -0.146. The zero-order valence-corrected chi connectivity index (χ0v) is 39.6. The molecule has 0 aliphatic carbocycles. The van der Waals surface area contributed by atoms with Gasteiger partial charge < -0.3 is 29.8 Å². The Morgan fingerprint density at radius 2 is 1.02 bits per heavy atom. The van der Waals surface area contributed by atoms with Crippen LogP contribution in [-0.4, -0.2) is 77.3 Å². The second kappa shape index (κ2) is 40.7. The van der Waals surface area contributed by atoms with Crippen LogP contribution in [0.4, 0.5) is 0 Å². The summed E-state index contributed by atoms with van der Waals surface area (Å²) < 4.78 is 11.9. The van der Waals surface area contributed by atoms with E-state index in [-0.39, 0.29) is 30.1 Å². The third-order valence-electron chi connectivity index (χ3n) is 11.9. The standard InChI is InChI=1S/C51H95N3O6/c1-5-9-12-14-17-23-34-48(35-24-18-15-13-10-6-2)60-50(57)36-25-19-16-20-29-41-54(44-46(55)32-27-28-39-53-51(58)45-38-40-52-43-45)42-30-21-26-37-49(56)59-47(31-8-4)33-22-11-7-3/h38,40,43,46-48,52,55H,5-37,39,41-42,44H2,1-4H3,(H,53,58). The molecule has 350 valence electrons. The van der Waals surface area contributed by atoms with Gasteiger partial charge >= 0.3 is 11.9 Å². The van der Waals surface area contributed by atoms with E-state index in [0.29, 0.717) is 37.9 Å². The number of esters is 2. The van der Waals surface area contributed by atoms with E-state index in [9.17, 15) is 19.5 Å². The number of ether oxygens (including phenoxy) is 2. The molecule has 0 bridgehead atoms. The van der Waals surface area contributed by atoms with Crippen molar-refractivity contribution in [2.24, 2.45) is 0 Å². The molecule has 3 N–H and O–H groups in total. The monoisotopic (exact) mass is 846 g/mol. The summed E-state index contributed by atoms with van der Waals surface area (Å²) in [6.07, 6.45) is 38.1. The highest BCUT2D eigenvalue weighted by molar-refractivity contribution is 5.93. The van der Waals surface area contributed by atoms with Gasteiger partial charge in [-0.05, 0) is 109 Å². The van der Waals surface area contributed by atoms with Crippen LogP contribution in [0.25, 0.3) is 0 Å². The normalized spacial score (nSPS) is 12.6. The van der Waals surface area contributed by atoms with Gasteiger partial charge in [-0.2, -0.15) is 0 Å². The smallest absolute Gasteiger partial charge is 0.306 e. The van der Waals surface area contributed by atoms with E-state index in [2.05, 4.69) is 42.9 Å². The van der Waals surface area contributed by atoms with Gasteiger partial charge in [0.25, 0.3) is 5.91 Å². The number of rotatable bonds is 44. The SMILES string of the molecule is CCCCCCCCC(CCCCCCCC)OC(=O)CCCCCCCN(CCCCCC(=O)OC(CCC)CCCCC)CC(O)CCCCNC(=O)c1cc[nH]c1. The van der Waals surface area contributed by atoms with E-state index in [1.807, 2.05) is 0 Å². The van der Waals surface area contributed by atoms with Crippen molar-refractivity contribution in [1.29, 1.82) is 0 Å². The van der Waals surface area contributed by atoms with Crippen LogP contribution in [0, 0.1) is 0 Å². The summed E-state index contributed by atoms with van der Waals surface area (Å²) in [5, 5.41) is 13.9. The number of nitrogens with one attached hydrogen (secondary N) is 2. The third-order valence-corrected chi connectivity index (χ3v) is 11.9. The Bertz CT molecular complexity index is 1100. The summed E-state index contributed by atoms with van der Waals surface area (Å²) in [6, 6.07) is 1.76. The van der Waals surface area contributed by atoms with Crippen molar-refractivity contribution in [3.63, 3.8) is 0 Å². The van der Waals surface area contributed by atoms with Gasteiger partial charge in [0.05, 0.1) is 11.7 Å². The van der Waals surface area contributed by atoms with Crippen molar-refractivity contribution < 1.29 is 29.0 Å². The molecule has 0 radical (unpaired) electrons. The zero-order chi connectivity index (χ0) is 43.7. The van der Waals surface area contributed by atoms with E-state index in [0.717, 1.165) is 129 Å². The maximum Gasteiger partial charge on any atom is 0.306 e. The second-order valence-corrected chi connectivity index (χ2v) is 17.8. The summed E-state index contributed by atoms with van der Waals surface area (Å²) in [7, 11) is 0. The number of carbonyl (C=O) groups is 3. The number of nitrogens with zero attached hydrogens (tertiary/aromatic N) is 1. The van der Waals surface area contributed by atoms with E-state index < -0.39 is 6.10 Å². The highest BCUT2D eigenvalue weighted by Crippen LogP contribution is 2.19. The fraction of sp³-hybridized carbons (Fsp3) is 0.863. The topological polar surface area (TPSA) is 121 Å². The van der Waals surface area contributed by atoms with Gasteiger partial charge in [-0.1, -0.05) is 137 Å². The van der Waals surface area contributed by atoms with Crippen molar-refractivity contribution in [1.82, 2.24) is 15.2 Å². The van der Waals surface area contributed by atoms with Crippen molar-refractivity contribution in [2.45, 2.75) is 258 Å². The third kappa shape index (κ3) is 33.3. The van der Waals surface area contributed by atoms with E-state index >= 15 is 0 Å². The number of carbonyl (C=O) groups excluding carboxylic acids is 3.